The summed E-state index contributed by atoms with van der Waals surface area (Å²) in [6.07, 6.45) is 5.03. The van der Waals surface area contributed by atoms with E-state index < -0.39 is 0 Å². The minimum Gasteiger partial charge on any atom is -0.493 e. The van der Waals surface area contributed by atoms with E-state index in [1.54, 1.807) is 18.5 Å². The second kappa shape index (κ2) is 9.47. The zero-order chi connectivity index (χ0) is 24.4. The summed E-state index contributed by atoms with van der Waals surface area (Å²) in [4.78, 5) is 16.9. The van der Waals surface area contributed by atoms with Crippen molar-refractivity contribution in [1.82, 2.24) is 4.98 Å². The molecule has 0 aliphatic carbocycles. The number of aromatic nitrogens is 1. The van der Waals surface area contributed by atoms with Gasteiger partial charge in [-0.1, -0.05) is 36.4 Å². The molecule has 5 aromatic rings. The number of furan rings is 1. The SMILES string of the molecule is CCOc1cc2occ(-c3ccc4ccccc4c3)c2cc1/C(C)=C/C(=O)Nc1cc(C)ccn1. The number of anilines is 1. The van der Waals surface area contributed by atoms with Crippen molar-refractivity contribution in [2.24, 2.45) is 0 Å². The van der Waals surface area contributed by atoms with Crippen molar-refractivity contribution in [3.05, 3.63) is 96.4 Å². The third-order valence-corrected chi connectivity index (χ3v) is 5.98. The summed E-state index contributed by atoms with van der Waals surface area (Å²) in [5.74, 6) is 0.952. The number of carbonyl (C=O) groups excluding carboxylic acids is 1. The van der Waals surface area contributed by atoms with E-state index >= 15 is 0 Å². The predicted molar refractivity (Wildman–Crippen MR) is 142 cm³/mol. The highest BCUT2D eigenvalue weighted by molar-refractivity contribution is 6.05. The first-order chi connectivity index (χ1) is 17.0. The third kappa shape index (κ3) is 4.66. The highest BCUT2D eigenvalue weighted by atomic mass is 16.5. The van der Waals surface area contributed by atoms with Gasteiger partial charge in [-0.05, 0) is 72.5 Å². The number of allylic oxidation sites excluding steroid dienone is 1. The molecule has 0 radical (unpaired) electrons. The molecular formula is C30H26N2O3. The predicted octanol–water partition coefficient (Wildman–Crippen LogP) is 7.40. The van der Waals surface area contributed by atoms with Gasteiger partial charge < -0.3 is 14.5 Å². The van der Waals surface area contributed by atoms with Crippen LogP contribution >= 0.6 is 0 Å². The van der Waals surface area contributed by atoms with Crippen LogP contribution in [0.5, 0.6) is 5.75 Å². The van der Waals surface area contributed by atoms with Gasteiger partial charge in [-0.15, -0.1) is 0 Å². The lowest BCUT2D eigenvalue weighted by atomic mass is 9.97. The van der Waals surface area contributed by atoms with Crippen LogP contribution in [0, 0.1) is 6.92 Å². The number of ether oxygens (including phenoxy) is 1. The van der Waals surface area contributed by atoms with Gasteiger partial charge in [-0.25, -0.2) is 4.98 Å². The van der Waals surface area contributed by atoms with Crippen molar-refractivity contribution in [1.29, 1.82) is 0 Å². The second-order valence-corrected chi connectivity index (χ2v) is 8.52. The molecule has 0 saturated carbocycles. The standard InChI is InChI=1S/C30H26N2O3/c1-4-34-27-17-28-25(26(18-35-28)23-10-9-21-7-5-6-8-22(21)15-23)16-24(27)20(3)14-30(33)32-29-13-19(2)11-12-31-29/h5-18H,4H2,1-3H3,(H,31,32,33)/b20-14+. The van der Waals surface area contributed by atoms with Crippen molar-refractivity contribution in [3.8, 4) is 16.9 Å². The maximum atomic E-state index is 12.7. The van der Waals surface area contributed by atoms with Gasteiger partial charge in [0.05, 0.1) is 12.9 Å². The van der Waals surface area contributed by atoms with E-state index in [0.29, 0.717) is 18.2 Å². The Labute approximate surface area is 204 Å². The van der Waals surface area contributed by atoms with Gasteiger partial charge in [0.2, 0.25) is 5.91 Å². The second-order valence-electron chi connectivity index (χ2n) is 8.52. The summed E-state index contributed by atoms with van der Waals surface area (Å²) in [6, 6.07) is 22.3. The number of amides is 1. The monoisotopic (exact) mass is 462 g/mol. The first-order valence-electron chi connectivity index (χ1n) is 11.6. The summed E-state index contributed by atoms with van der Waals surface area (Å²) in [7, 11) is 0. The molecule has 0 spiro atoms. The fraction of sp³-hybridized carbons (Fsp3) is 0.133. The van der Waals surface area contributed by atoms with Crippen LogP contribution in [0.15, 0.2) is 89.7 Å². The highest BCUT2D eigenvalue weighted by Crippen LogP contribution is 2.38. The first kappa shape index (κ1) is 22.4. The van der Waals surface area contributed by atoms with Crippen LogP contribution in [0.2, 0.25) is 0 Å². The molecule has 0 atom stereocenters. The molecule has 5 nitrogen and oxygen atoms in total. The first-order valence-corrected chi connectivity index (χ1v) is 11.6. The van der Waals surface area contributed by atoms with Gasteiger partial charge in [0.1, 0.15) is 17.2 Å². The van der Waals surface area contributed by atoms with Crippen LogP contribution in [-0.2, 0) is 4.79 Å². The van der Waals surface area contributed by atoms with Crippen LogP contribution in [0.3, 0.4) is 0 Å². The number of fused-ring (bicyclic) bond motifs is 2. The number of hydrogen-bond donors (Lipinski definition) is 1. The lowest BCUT2D eigenvalue weighted by Crippen LogP contribution is -2.10. The Balaban J connectivity index is 1.55. The Morgan fingerprint density at radius 3 is 2.69 bits per heavy atom. The van der Waals surface area contributed by atoms with Crippen LogP contribution in [0.4, 0.5) is 5.82 Å². The van der Waals surface area contributed by atoms with Crippen LogP contribution in [0.1, 0.15) is 25.0 Å². The highest BCUT2D eigenvalue weighted by Gasteiger charge is 2.16. The van der Waals surface area contributed by atoms with Gasteiger partial charge in [-0.2, -0.15) is 0 Å². The number of nitrogens with one attached hydrogen (secondary N) is 1. The molecule has 0 unspecified atom stereocenters. The van der Waals surface area contributed by atoms with Crippen molar-refractivity contribution in [2.45, 2.75) is 20.8 Å². The lowest BCUT2D eigenvalue weighted by molar-refractivity contribution is -0.111. The summed E-state index contributed by atoms with van der Waals surface area (Å²) in [6.45, 7) is 6.30. The van der Waals surface area contributed by atoms with E-state index in [2.05, 4.69) is 40.6 Å². The Morgan fingerprint density at radius 1 is 1.06 bits per heavy atom. The number of carbonyl (C=O) groups is 1. The van der Waals surface area contributed by atoms with Crippen molar-refractivity contribution in [3.63, 3.8) is 0 Å². The van der Waals surface area contributed by atoms with Crippen molar-refractivity contribution < 1.29 is 13.9 Å². The quantitative estimate of drug-likeness (QED) is 0.267. The van der Waals surface area contributed by atoms with E-state index in [9.17, 15) is 4.79 Å². The minimum absolute atomic E-state index is 0.245. The normalized spacial score (nSPS) is 11.7. The van der Waals surface area contributed by atoms with Crippen molar-refractivity contribution in [2.75, 3.05) is 11.9 Å². The molecule has 5 heteroatoms. The Bertz CT molecular complexity index is 1580. The molecule has 0 aliphatic heterocycles. The molecule has 1 N–H and O–H groups in total. The number of nitrogens with zero attached hydrogens (tertiary/aromatic N) is 1. The number of aryl methyl sites for hydroxylation is 1. The van der Waals surface area contributed by atoms with E-state index in [0.717, 1.165) is 38.8 Å². The average Bonchev–Trinajstić information content (AvgIpc) is 3.26. The van der Waals surface area contributed by atoms with Gasteiger partial charge in [0.15, 0.2) is 0 Å². The van der Waals surface area contributed by atoms with Crippen LogP contribution in [0.25, 0.3) is 38.4 Å². The zero-order valence-electron chi connectivity index (χ0n) is 20.0. The molecule has 35 heavy (non-hydrogen) atoms. The Kier molecular flexibility index (Phi) is 6.06. The molecule has 2 aromatic heterocycles. The molecule has 0 bridgehead atoms. The van der Waals surface area contributed by atoms with Gasteiger partial charge in [0, 0.05) is 34.9 Å². The van der Waals surface area contributed by atoms with Crippen molar-refractivity contribution >= 4 is 39.0 Å². The number of pyridine rings is 1. The molecule has 0 saturated heterocycles. The maximum Gasteiger partial charge on any atom is 0.249 e. The van der Waals surface area contributed by atoms with E-state index in [-0.39, 0.29) is 5.91 Å². The molecule has 0 fully saturated rings. The van der Waals surface area contributed by atoms with Crippen LogP contribution < -0.4 is 10.1 Å². The fourth-order valence-corrected chi connectivity index (χ4v) is 4.26. The van der Waals surface area contributed by atoms with Gasteiger partial charge >= 0.3 is 0 Å². The van der Waals surface area contributed by atoms with E-state index in [4.69, 9.17) is 9.15 Å². The molecule has 0 aliphatic rings. The summed E-state index contributed by atoms with van der Waals surface area (Å²) in [5, 5.41) is 6.16. The minimum atomic E-state index is -0.245. The molecule has 5 rings (SSSR count). The summed E-state index contributed by atoms with van der Waals surface area (Å²) >= 11 is 0. The smallest absolute Gasteiger partial charge is 0.249 e. The third-order valence-electron chi connectivity index (χ3n) is 5.98. The topological polar surface area (TPSA) is 64.4 Å². The Morgan fingerprint density at radius 2 is 1.89 bits per heavy atom. The summed E-state index contributed by atoms with van der Waals surface area (Å²) < 4.78 is 11.8. The zero-order valence-corrected chi connectivity index (χ0v) is 20.0. The summed E-state index contributed by atoms with van der Waals surface area (Å²) in [5.41, 5.74) is 5.46. The van der Waals surface area contributed by atoms with E-state index in [1.807, 2.05) is 57.2 Å². The molecular weight excluding hydrogens is 436 g/mol. The molecule has 2 heterocycles. The Hall–Kier alpha value is -4.38. The largest absolute Gasteiger partial charge is 0.493 e. The molecule has 1 amide bonds. The van der Waals surface area contributed by atoms with Crippen LogP contribution in [-0.4, -0.2) is 17.5 Å². The molecule has 174 valence electrons. The average molecular weight is 463 g/mol. The number of rotatable bonds is 6. The number of benzene rings is 3. The van der Waals surface area contributed by atoms with E-state index in [1.165, 1.54) is 10.8 Å². The molecule has 3 aromatic carbocycles. The van der Waals surface area contributed by atoms with Gasteiger partial charge in [0.25, 0.3) is 0 Å². The fourth-order valence-electron chi connectivity index (χ4n) is 4.26. The lowest BCUT2D eigenvalue weighted by Gasteiger charge is -2.12. The maximum absolute atomic E-state index is 12.7. The number of hydrogen-bond acceptors (Lipinski definition) is 4. The van der Waals surface area contributed by atoms with Gasteiger partial charge in [-0.3, -0.25) is 4.79 Å².